The molecule has 6 rings (SSSR count). The maximum Gasteiger partial charge on any atom is 0.237 e. The van der Waals surface area contributed by atoms with Crippen molar-refractivity contribution in [3.8, 4) is 11.5 Å². The minimum Gasteiger partial charge on any atom is -0.454 e. The number of fused-ring (bicyclic) bond motifs is 4. The van der Waals surface area contributed by atoms with E-state index in [2.05, 4.69) is 63.4 Å². The van der Waals surface area contributed by atoms with Crippen molar-refractivity contribution >= 4 is 34.5 Å². The second kappa shape index (κ2) is 8.99. The SMILES string of the molecule is Cc1ccc(Cn2c3ccccc3n3c(SCC(=O)NCc4ccc5c(c4)OCO5)nnc23)cc1. The van der Waals surface area contributed by atoms with Crippen LogP contribution in [0.25, 0.3) is 16.8 Å². The number of carbonyl (C=O) groups is 1. The number of hydrogen-bond donors (Lipinski definition) is 1. The van der Waals surface area contributed by atoms with Gasteiger partial charge in [-0.25, -0.2) is 0 Å². The molecule has 3 aromatic carbocycles. The highest BCUT2D eigenvalue weighted by Gasteiger charge is 2.18. The van der Waals surface area contributed by atoms with E-state index in [4.69, 9.17) is 9.47 Å². The van der Waals surface area contributed by atoms with E-state index in [1.807, 2.05) is 34.7 Å². The van der Waals surface area contributed by atoms with Gasteiger partial charge in [0.15, 0.2) is 16.7 Å². The number of hydrogen-bond acceptors (Lipinski definition) is 6. The number of amides is 1. The summed E-state index contributed by atoms with van der Waals surface area (Å²) in [5.74, 6) is 2.36. The van der Waals surface area contributed by atoms with Crippen molar-refractivity contribution < 1.29 is 14.3 Å². The molecular formula is C26H23N5O3S. The standard InChI is InChI=1S/C26H23N5O3S/c1-17-6-8-18(9-7-17)14-30-20-4-2-3-5-21(20)31-25(30)28-29-26(31)35-15-24(32)27-13-19-10-11-22-23(12-19)34-16-33-22/h2-12H,13-16H2,1H3,(H,27,32). The summed E-state index contributed by atoms with van der Waals surface area (Å²) in [6.07, 6.45) is 0. The Hall–Kier alpha value is -3.98. The second-order valence-corrected chi connectivity index (χ2v) is 9.37. The van der Waals surface area contributed by atoms with Gasteiger partial charge >= 0.3 is 0 Å². The van der Waals surface area contributed by atoms with Gasteiger partial charge in [0.1, 0.15) is 0 Å². The Bertz CT molecular complexity index is 1540. The highest BCUT2D eigenvalue weighted by atomic mass is 32.2. The van der Waals surface area contributed by atoms with E-state index in [1.54, 1.807) is 0 Å². The molecule has 5 aromatic rings. The van der Waals surface area contributed by atoms with Gasteiger partial charge in [-0.15, -0.1) is 10.2 Å². The van der Waals surface area contributed by atoms with Gasteiger partial charge in [-0.1, -0.05) is 59.8 Å². The Morgan fingerprint density at radius 2 is 1.74 bits per heavy atom. The molecule has 0 saturated heterocycles. The molecule has 1 amide bonds. The van der Waals surface area contributed by atoms with Crippen LogP contribution >= 0.6 is 11.8 Å². The minimum absolute atomic E-state index is 0.0761. The molecule has 0 aliphatic carbocycles. The van der Waals surface area contributed by atoms with Crippen molar-refractivity contribution in [1.29, 1.82) is 0 Å². The number of imidazole rings is 1. The number of benzene rings is 3. The van der Waals surface area contributed by atoms with Crippen molar-refractivity contribution in [2.24, 2.45) is 0 Å². The zero-order valence-corrected chi connectivity index (χ0v) is 19.9. The van der Waals surface area contributed by atoms with Crippen molar-refractivity contribution in [2.75, 3.05) is 12.5 Å². The molecule has 0 spiro atoms. The predicted octanol–water partition coefficient (Wildman–Crippen LogP) is 4.18. The van der Waals surface area contributed by atoms with Crippen LogP contribution in [0.5, 0.6) is 11.5 Å². The minimum atomic E-state index is -0.0761. The van der Waals surface area contributed by atoms with E-state index in [0.29, 0.717) is 24.0 Å². The van der Waals surface area contributed by atoms with Crippen molar-refractivity contribution in [3.05, 3.63) is 83.4 Å². The number of aromatic nitrogens is 4. The number of carbonyl (C=O) groups excluding carboxylic acids is 1. The Morgan fingerprint density at radius 1 is 0.971 bits per heavy atom. The maximum absolute atomic E-state index is 12.6. The third kappa shape index (κ3) is 4.19. The summed E-state index contributed by atoms with van der Waals surface area (Å²) in [6.45, 7) is 3.42. The first-order valence-electron chi connectivity index (χ1n) is 11.3. The molecule has 35 heavy (non-hydrogen) atoms. The Balaban J connectivity index is 1.19. The predicted molar refractivity (Wildman–Crippen MR) is 134 cm³/mol. The van der Waals surface area contributed by atoms with Crippen LogP contribution in [0, 0.1) is 6.92 Å². The molecule has 9 heteroatoms. The van der Waals surface area contributed by atoms with E-state index in [9.17, 15) is 4.79 Å². The summed E-state index contributed by atoms with van der Waals surface area (Å²) in [6, 6.07) is 22.4. The lowest BCUT2D eigenvalue weighted by molar-refractivity contribution is -0.118. The molecular weight excluding hydrogens is 462 g/mol. The molecule has 3 heterocycles. The molecule has 0 atom stereocenters. The molecule has 176 valence electrons. The lowest BCUT2D eigenvalue weighted by atomic mass is 10.1. The molecule has 1 N–H and O–H groups in total. The fourth-order valence-electron chi connectivity index (χ4n) is 4.20. The van der Waals surface area contributed by atoms with Gasteiger partial charge in [-0.05, 0) is 42.3 Å². The van der Waals surface area contributed by atoms with Crippen molar-refractivity contribution in [1.82, 2.24) is 24.5 Å². The van der Waals surface area contributed by atoms with Crippen LogP contribution in [0.1, 0.15) is 16.7 Å². The van der Waals surface area contributed by atoms with Crippen LogP contribution in [0.15, 0.2) is 71.9 Å². The number of ether oxygens (including phenoxy) is 2. The molecule has 0 bridgehead atoms. The van der Waals surface area contributed by atoms with E-state index < -0.39 is 0 Å². The van der Waals surface area contributed by atoms with Crippen molar-refractivity contribution in [2.45, 2.75) is 25.2 Å². The van der Waals surface area contributed by atoms with Crippen LogP contribution in [0.4, 0.5) is 0 Å². The average molecular weight is 486 g/mol. The monoisotopic (exact) mass is 485 g/mol. The van der Waals surface area contributed by atoms with Gasteiger partial charge in [0.2, 0.25) is 18.5 Å². The topological polar surface area (TPSA) is 82.7 Å². The summed E-state index contributed by atoms with van der Waals surface area (Å²) in [5, 5.41) is 12.5. The van der Waals surface area contributed by atoms with Gasteiger partial charge in [0.05, 0.1) is 23.3 Å². The summed E-state index contributed by atoms with van der Waals surface area (Å²) in [7, 11) is 0. The largest absolute Gasteiger partial charge is 0.454 e. The average Bonchev–Trinajstić information content (AvgIpc) is 3.59. The fourth-order valence-corrected chi connectivity index (χ4v) is 4.97. The molecule has 1 aliphatic rings. The smallest absolute Gasteiger partial charge is 0.237 e. The molecule has 2 aromatic heterocycles. The lowest BCUT2D eigenvalue weighted by Gasteiger charge is -2.06. The van der Waals surface area contributed by atoms with Gasteiger partial charge in [0, 0.05) is 6.54 Å². The van der Waals surface area contributed by atoms with Gasteiger partial charge in [0.25, 0.3) is 0 Å². The summed E-state index contributed by atoms with van der Waals surface area (Å²) >= 11 is 1.38. The molecule has 0 saturated carbocycles. The van der Waals surface area contributed by atoms with Crippen LogP contribution in [-0.4, -0.2) is 37.6 Å². The number of aryl methyl sites for hydroxylation is 1. The Kier molecular flexibility index (Phi) is 5.54. The summed E-state index contributed by atoms with van der Waals surface area (Å²) < 4.78 is 14.9. The number of rotatable bonds is 7. The van der Waals surface area contributed by atoms with E-state index in [-0.39, 0.29) is 18.5 Å². The normalized spacial score (nSPS) is 12.5. The van der Waals surface area contributed by atoms with Crippen LogP contribution < -0.4 is 14.8 Å². The highest BCUT2D eigenvalue weighted by molar-refractivity contribution is 7.99. The zero-order chi connectivity index (χ0) is 23.8. The van der Waals surface area contributed by atoms with E-state index in [1.165, 1.54) is 22.9 Å². The number of thioether (sulfide) groups is 1. The first kappa shape index (κ1) is 21.5. The van der Waals surface area contributed by atoms with E-state index in [0.717, 1.165) is 28.1 Å². The van der Waals surface area contributed by atoms with E-state index >= 15 is 0 Å². The third-order valence-electron chi connectivity index (χ3n) is 5.99. The van der Waals surface area contributed by atoms with Crippen LogP contribution in [0.2, 0.25) is 0 Å². The molecule has 0 fully saturated rings. The Morgan fingerprint density at radius 3 is 2.60 bits per heavy atom. The highest BCUT2D eigenvalue weighted by Crippen LogP contribution is 2.32. The number of nitrogens with zero attached hydrogens (tertiary/aromatic N) is 4. The summed E-state index contributed by atoms with van der Waals surface area (Å²) in [5.41, 5.74) is 5.47. The number of nitrogens with one attached hydrogen (secondary N) is 1. The quantitative estimate of drug-likeness (QED) is 0.348. The van der Waals surface area contributed by atoms with Gasteiger partial charge < -0.3 is 19.4 Å². The zero-order valence-electron chi connectivity index (χ0n) is 19.1. The molecule has 0 radical (unpaired) electrons. The van der Waals surface area contributed by atoms with Gasteiger partial charge in [-0.3, -0.25) is 9.20 Å². The fraction of sp³-hybridized carbons (Fsp3) is 0.192. The molecule has 0 unspecified atom stereocenters. The molecule has 1 aliphatic heterocycles. The first-order valence-corrected chi connectivity index (χ1v) is 12.3. The third-order valence-corrected chi connectivity index (χ3v) is 6.92. The van der Waals surface area contributed by atoms with Crippen LogP contribution in [0.3, 0.4) is 0 Å². The lowest BCUT2D eigenvalue weighted by Crippen LogP contribution is -2.24. The van der Waals surface area contributed by atoms with Gasteiger partial charge in [-0.2, -0.15) is 0 Å². The number of para-hydroxylation sites is 2. The van der Waals surface area contributed by atoms with Crippen molar-refractivity contribution in [3.63, 3.8) is 0 Å². The Labute approximate surface area is 205 Å². The van der Waals surface area contributed by atoms with Crippen LogP contribution in [-0.2, 0) is 17.9 Å². The first-order chi connectivity index (χ1) is 17.2. The second-order valence-electron chi connectivity index (χ2n) is 8.43. The summed E-state index contributed by atoms with van der Waals surface area (Å²) in [4.78, 5) is 12.6. The molecule has 8 nitrogen and oxygen atoms in total. The maximum atomic E-state index is 12.6.